The lowest BCUT2D eigenvalue weighted by Gasteiger charge is -2.09. The van der Waals surface area contributed by atoms with Gasteiger partial charge in [0.1, 0.15) is 5.75 Å². The number of allylic oxidation sites excluding steroid dienone is 1. The van der Waals surface area contributed by atoms with E-state index >= 15 is 0 Å². The molecule has 3 aromatic carbocycles. The second-order valence-corrected chi connectivity index (χ2v) is 5.40. The van der Waals surface area contributed by atoms with Gasteiger partial charge in [-0.1, -0.05) is 78.9 Å². The van der Waals surface area contributed by atoms with Crippen LogP contribution in [0.4, 0.5) is 0 Å². The van der Waals surface area contributed by atoms with Crippen LogP contribution < -0.4 is 4.74 Å². The van der Waals surface area contributed by atoms with E-state index in [-0.39, 0.29) is 0 Å². The van der Waals surface area contributed by atoms with Crippen LogP contribution in [0, 0.1) is 0 Å². The van der Waals surface area contributed by atoms with Gasteiger partial charge >= 0.3 is 0 Å². The van der Waals surface area contributed by atoms with Crippen molar-refractivity contribution in [2.24, 2.45) is 0 Å². The molecule has 0 N–H and O–H groups in total. The number of hydrogen-bond donors (Lipinski definition) is 0. The predicted octanol–water partition coefficient (Wildman–Crippen LogP) is 5.37. The van der Waals surface area contributed by atoms with E-state index in [9.17, 15) is 0 Å². The van der Waals surface area contributed by atoms with Crippen molar-refractivity contribution in [1.82, 2.24) is 0 Å². The molecule has 3 rings (SSSR count). The highest BCUT2D eigenvalue weighted by Gasteiger charge is 2.04. The third kappa shape index (κ3) is 3.89. The van der Waals surface area contributed by atoms with Crippen LogP contribution in [-0.4, -0.2) is 7.11 Å². The first kappa shape index (κ1) is 15.1. The SMILES string of the molecule is COc1ccc(CC=C(c2ccccc2)c2ccccc2)cc1. The normalized spacial score (nSPS) is 10.1. The fraction of sp³-hybridized carbons (Fsp3) is 0.0909. The molecule has 0 bridgehead atoms. The first-order chi connectivity index (χ1) is 11.4. The number of hydrogen-bond acceptors (Lipinski definition) is 1. The maximum absolute atomic E-state index is 5.22. The van der Waals surface area contributed by atoms with Crippen molar-refractivity contribution in [3.63, 3.8) is 0 Å². The van der Waals surface area contributed by atoms with E-state index in [0.29, 0.717) is 0 Å². The number of benzene rings is 3. The smallest absolute Gasteiger partial charge is 0.118 e. The standard InChI is InChI=1S/C22H20O/c1-23-21-15-12-18(13-16-21)14-17-22(19-8-4-2-5-9-19)20-10-6-3-7-11-20/h2-13,15-17H,14H2,1H3. The molecule has 0 aliphatic carbocycles. The number of rotatable bonds is 5. The molecule has 0 aliphatic heterocycles. The van der Waals surface area contributed by atoms with E-state index in [0.717, 1.165) is 12.2 Å². The Balaban J connectivity index is 1.91. The fourth-order valence-corrected chi connectivity index (χ4v) is 2.62. The van der Waals surface area contributed by atoms with Crippen molar-refractivity contribution < 1.29 is 4.74 Å². The molecule has 0 spiro atoms. The number of methoxy groups -OCH3 is 1. The molecule has 0 saturated heterocycles. The van der Waals surface area contributed by atoms with Crippen LogP contribution in [-0.2, 0) is 6.42 Å². The summed E-state index contributed by atoms with van der Waals surface area (Å²) >= 11 is 0. The molecule has 0 saturated carbocycles. The average molecular weight is 300 g/mol. The fourth-order valence-electron chi connectivity index (χ4n) is 2.62. The van der Waals surface area contributed by atoms with Crippen LogP contribution in [0.1, 0.15) is 16.7 Å². The van der Waals surface area contributed by atoms with E-state index in [2.05, 4.69) is 78.9 Å². The van der Waals surface area contributed by atoms with Crippen molar-refractivity contribution >= 4 is 5.57 Å². The zero-order valence-corrected chi connectivity index (χ0v) is 13.3. The van der Waals surface area contributed by atoms with Gasteiger partial charge in [-0.05, 0) is 40.8 Å². The Morgan fingerprint density at radius 3 is 1.74 bits per heavy atom. The van der Waals surface area contributed by atoms with Crippen molar-refractivity contribution in [3.05, 3.63) is 108 Å². The van der Waals surface area contributed by atoms with Gasteiger partial charge in [0.15, 0.2) is 0 Å². The Bertz CT molecular complexity index is 715. The van der Waals surface area contributed by atoms with Crippen LogP contribution in [0.25, 0.3) is 5.57 Å². The number of ether oxygens (including phenoxy) is 1. The average Bonchev–Trinajstić information content (AvgIpc) is 2.64. The predicted molar refractivity (Wildman–Crippen MR) is 96.7 cm³/mol. The van der Waals surface area contributed by atoms with Crippen molar-refractivity contribution in [2.45, 2.75) is 6.42 Å². The summed E-state index contributed by atoms with van der Waals surface area (Å²) in [6.07, 6.45) is 3.19. The molecule has 23 heavy (non-hydrogen) atoms. The van der Waals surface area contributed by atoms with Gasteiger partial charge in [0, 0.05) is 0 Å². The van der Waals surface area contributed by atoms with Crippen LogP contribution in [0.2, 0.25) is 0 Å². The lowest BCUT2D eigenvalue weighted by Crippen LogP contribution is -1.90. The monoisotopic (exact) mass is 300 g/mol. The topological polar surface area (TPSA) is 9.23 Å². The Morgan fingerprint density at radius 2 is 1.26 bits per heavy atom. The lowest BCUT2D eigenvalue weighted by atomic mass is 9.96. The summed E-state index contributed by atoms with van der Waals surface area (Å²) in [5.74, 6) is 0.893. The van der Waals surface area contributed by atoms with Crippen molar-refractivity contribution in [1.29, 1.82) is 0 Å². The quantitative estimate of drug-likeness (QED) is 0.615. The molecular formula is C22H20O. The van der Waals surface area contributed by atoms with Gasteiger partial charge in [-0.25, -0.2) is 0 Å². The third-order valence-corrected chi connectivity index (χ3v) is 3.87. The van der Waals surface area contributed by atoms with Gasteiger partial charge in [-0.15, -0.1) is 0 Å². The van der Waals surface area contributed by atoms with Gasteiger partial charge < -0.3 is 4.74 Å². The molecule has 0 radical (unpaired) electrons. The summed E-state index contributed by atoms with van der Waals surface area (Å²) in [5.41, 5.74) is 5.02. The van der Waals surface area contributed by atoms with E-state index in [1.165, 1.54) is 22.3 Å². The second-order valence-electron chi connectivity index (χ2n) is 5.40. The molecule has 1 heteroatoms. The summed E-state index contributed by atoms with van der Waals surface area (Å²) in [7, 11) is 1.69. The molecule has 0 heterocycles. The molecule has 0 atom stereocenters. The Morgan fingerprint density at radius 1 is 0.739 bits per heavy atom. The highest BCUT2D eigenvalue weighted by Crippen LogP contribution is 2.24. The molecule has 0 fully saturated rings. The van der Waals surface area contributed by atoms with Crippen LogP contribution in [0.15, 0.2) is 91.0 Å². The lowest BCUT2D eigenvalue weighted by molar-refractivity contribution is 0.414. The molecule has 0 amide bonds. The molecule has 3 aromatic rings. The summed E-state index contributed by atoms with van der Waals surface area (Å²) < 4.78 is 5.22. The van der Waals surface area contributed by atoms with Gasteiger partial charge in [0.2, 0.25) is 0 Å². The summed E-state index contributed by atoms with van der Waals surface area (Å²) in [4.78, 5) is 0. The van der Waals surface area contributed by atoms with Crippen LogP contribution in [0.3, 0.4) is 0 Å². The summed E-state index contributed by atoms with van der Waals surface area (Å²) in [5, 5.41) is 0. The van der Waals surface area contributed by atoms with E-state index in [1.807, 2.05) is 12.1 Å². The van der Waals surface area contributed by atoms with Gasteiger partial charge in [0.25, 0.3) is 0 Å². The molecule has 0 aliphatic rings. The molecular weight excluding hydrogens is 280 g/mol. The Kier molecular flexibility index (Phi) is 4.90. The van der Waals surface area contributed by atoms with Gasteiger partial charge in [-0.3, -0.25) is 0 Å². The Labute approximate surface area is 137 Å². The minimum Gasteiger partial charge on any atom is -0.497 e. The first-order valence-corrected chi connectivity index (χ1v) is 7.81. The second kappa shape index (κ2) is 7.46. The highest BCUT2D eigenvalue weighted by atomic mass is 16.5. The molecule has 0 aromatic heterocycles. The maximum atomic E-state index is 5.22. The van der Waals surface area contributed by atoms with Gasteiger partial charge in [-0.2, -0.15) is 0 Å². The van der Waals surface area contributed by atoms with Crippen molar-refractivity contribution in [3.8, 4) is 5.75 Å². The zero-order chi connectivity index (χ0) is 15.9. The largest absolute Gasteiger partial charge is 0.497 e. The highest BCUT2D eigenvalue weighted by molar-refractivity contribution is 5.79. The van der Waals surface area contributed by atoms with Crippen molar-refractivity contribution in [2.75, 3.05) is 7.11 Å². The molecule has 1 nitrogen and oxygen atoms in total. The Hall–Kier alpha value is -2.80. The van der Waals surface area contributed by atoms with E-state index < -0.39 is 0 Å². The molecule has 114 valence electrons. The van der Waals surface area contributed by atoms with Crippen LogP contribution in [0.5, 0.6) is 5.75 Å². The van der Waals surface area contributed by atoms with E-state index in [1.54, 1.807) is 7.11 Å². The van der Waals surface area contributed by atoms with Crippen LogP contribution >= 0.6 is 0 Å². The summed E-state index contributed by atoms with van der Waals surface area (Å²) in [6, 6.07) is 29.3. The first-order valence-electron chi connectivity index (χ1n) is 7.81. The van der Waals surface area contributed by atoms with E-state index in [4.69, 9.17) is 4.74 Å². The molecule has 0 unspecified atom stereocenters. The summed E-state index contributed by atoms with van der Waals surface area (Å²) in [6.45, 7) is 0. The third-order valence-electron chi connectivity index (χ3n) is 3.87. The van der Waals surface area contributed by atoms with Gasteiger partial charge in [0.05, 0.1) is 7.11 Å². The zero-order valence-electron chi connectivity index (χ0n) is 13.3. The minimum absolute atomic E-state index is 0.892. The minimum atomic E-state index is 0.892. The maximum Gasteiger partial charge on any atom is 0.118 e.